The van der Waals surface area contributed by atoms with E-state index < -0.39 is 24.0 Å². The summed E-state index contributed by atoms with van der Waals surface area (Å²) in [4.78, 5) is 83.2. The van der Waals surface area contributed by atoms with Crippen LogP contribution in [0, 0.1) is 11.8 Å². The van der Waals surface area contributed by atoms with Crippen molar-refractivity contribution in [2.24, 2.45) is 5.73 Å². The van der Waals surface area contributed by atoms with Gasteiger partial charge in [-0.15, -0.1) is 0 Å². The Bertz CT molecular complexity index is 2010. The predicted molar refractivity (Wildman–Crippen MR) is 204 cm³/mol. The van der Waals surface area contributed by atoms with Crippen molar-refractivity contribution in [1.29, 1.82) is 0 Å². The topological polar surface area (TPSA) is 155 Å². The van der Waals surface area contributed by atoms with Gasteiger partial charge in [0.15, 0.2) is 0 Å². The first-order valence-electron chi connectivity index (χ1n) is 20.5. The summed E-state index contributed by atoms with van der Waals surface area (Å²) in [6, 6.07) is 7.82. The standard InChI is InChI=1S/C43H52N6O6/c44-34-14-7-6-12-31-15-16-36(49(31)41(34)54)42(55)48-26-30(25-43(48)20-21-43)29-19-23-46(38(51)24-29)22-8-4-2-1-3-5-10-28-11-9-13-32-33(28)27-47(40(32)53)35-17-18-37(50)45-39(35)52/h9,11,13,19,23-24,30-31,34-36H,1-4,6-8,12,14-18,20-22,25-27,44H2,(H,45,50,52)/t30-,31-,34-,35?,36-/m0/s1. The molecular weight excluding hydrogens is 697 g/mol. The second kappa shape index (κ2) is 15.4. The summed E-state index contributed by atoms with van der Waals surface area (Å²) in [6.07, 6.45) is 14.9. The number of carbonyl (C=O) groups is 5. The first-order valence-corrected chi connectivity index (χ1v) is 20.5. The number of aryl methyl sites for hydroxylation is 1. The number of hydrogen-bond acceptors (Lipinski definition) is 7. The monoisotopic (exact) mass is 748 g/mol. The van der Waals surface area contributed by atoms with Crippen molar-refractivity contribution in [3.05, 3.63) is 69.1 Å². The number of likely N-dealkylation sites (tertiary alicyclic amines) is 1. The van der Waals surface area contributed by atoms with Crippen LogP contribution in [-0.2, 0) is 32.3 Å². The molecule has 3 N–H and O–H groups in total. The van der Waals surface area contributed by atoms with Crippen LogP contribution in [0.5, 0.6) is 0 Å². The van der Waals surface area contributed by atoms with Crippen LogP contribution in [0.4, 0.5) is 0 Å². The smallest absolute Gasteiger partial charge is 0.255 e. The van der Waals surface area contributed by atoms with Gasteiger partial charge in [0.1, 0.15) is 12.1 Å². The molecule has 290 valence electrons. The molecule has 12 heteroatoms. The lowest BCUT2D eigenvalue weighted by atomic mass is 9.96. The summed E-state index contributed by atoms with van der Waals surface area (Å²) in [5.41, 5.74) is 9.29. The SMILES string of the molecule is N[C@H]1CCCC[C@H]2CC[C@@H](C(=O)N3C[C@@H](c4ccn(CCCCCCC#Cc5cccc6c5CN(C5CCC(=O)NC5=O)C6=O)c(=O)c4)CC34CC4)N2C1=O. The Morgan fingerprint density at radius 3 is 2.56 bits per heavy atom. The number of rotatable bonds is 9. The zero-order chi connectivity index (χ0) is 38.3. The number of piperidine rings is 1. The molecule has 6 heterocycles. The van der Waals surface area contributed by atoms with Gasteiger partial charge < -0.3 is 25.0 Å². The number of nitrogens with one attached hydrogen (secondary N) is 1. The summed E-state index contributed by atoms with van der Waals surface area (Å²) < 4.78 is 1.78. The Kier molecular flexibility index (Phi) is 10.4. The van der Waals surface area contributed by atoms with Crippen molar-refractivity contribution in [3.8, 4) is 11.8 Å². The minimum atomic E-state index is -0.646. The van der Waals surface area contributed by atoms with Crippen molar-refractivity contribution in [1.82, 2.24) is 24.6 Å². The van der Waals surface area contributed by atoms with Gasteiger partial charge in [-0.3, -0.25) is 34.1 Å². The van der Waals surface area contributed by atoms with Crippen molar-refractivity contribution >= 4 is 29.5 Å². The minimum Gasteiger partial charge on any atom is -0.335 e. The Morgan fingerprint density at radius 1 is 0.945 bits per heavy atom. The van der Waals surface area contributed by atoms with Gasteiger partial charge >= 0.3 is 0 Å². The Morgan fingerprint density at radius 2 is 1.76 bits per heavy atom. The molecule has 5 amide bonds. The number of nitrogens with two attached hydrogens (primary N) is 1. The number of carbonyl (C=O) groups excluding carboxylic acids is 5. The van der Waals surface area contributed by atoms with Gasteiger partial charge in [0.05, 0.1) is 6.04 Å². The number of fused-ring (bicyclic) bond motifs is 2. The lowest BCUT2D eigenvalue weighted by Crippen LogP contribution is -2.56. The van der Waals surface area contributed by atoms with Gasteiger partial charge in [0.25, 0.3) is 11.5 Å². The number of pyridine rings is 1. The Balaban J connectivity index is 0.799. The van der Waals surface area contributed by atoms with E-state index in [-0.39, 0.29) is 53.1 Å². The van der Waals surface area contributed by atoms with E-state index >= 15 is 0 Å². The second-order valence-corrected chi connectivity index (χ2v) is 16.6. The number of imide groups is 1. The molecule has 5 atom stereocenters. The number of aromatic nitrogens is 1. The van der Waals surface area contributed by atoms with Crippen molar-refractivity contribution in [2.75, 3.05) is 6.54 Å². The molecule has 5 aliphatic heterocycles. The van der Waals surface area contributed by atoms with Gasteiger partial charge in [0.2, 0.25) is 23.6 Å². The molecular formula is C43H52N6O6. The van der Waals surface area contributed by atoms with Crippen LogP contribution < -0.4 is 16.6 Å². The highest BCUT2D eigenvalue weighted by atomic mass is 16.2. The summed E-state index contributed by atoms with van der Waals surface area (Å²) in [5.74, 6) is 5.69. The van der Waals surface area contributed by atoms with E-state index in [1.807, 2.05) is 23.2 Å². The molecule has 1 aliphatic carbocycles. The fraction of sp³-hybridized carbons (Fsp3) is 0.581. The Labute approximate surface area is 322 Å². The lowest BCUT2D eigenvalue weighted by Gasteiger charge is -2.36. The summed E-state index contributed by atoms with van der Waals surface area (Å²) in [7, 11) is 0. The van der Waals surface area contributed by atoms with Crippen LogP contribution in [0.15, 0.2) is 41.3 Å². The van der Waals surface area contributed by atoms with Gasteiger partial charge in [0, 0.05) is 73.4 Å². The highest BCUT2D eigenvalue weighted by Gasteiger charge is 2.58. The van der Waals surface area contributed by atoms with E-state index in [1.54, 1.807) is 21.6 Å². The van der Waals surface area contributed by atoms with E-state index in [2.05, 4.69) is 28.1 Å². The highest BCUT2D eigenvalue weighted by molar-refractivity contribution is 6.05. The normalized spacial score (nSPS) is 27.0. The zero-order valence-corrected chi connectivity index (χ0v) is 31.6. The number of unbranched alkanes of at least 4 members (excludes halogenated alkanes) is 4. The largest absolute Gasteiger partial charge is 0.335 e. The molecule has 1 aromatic carbocycles. The van der Waals surface area contributed by atoms with Crippen LogP contribution in [0.25, 0.3) is 0 Å². The maximum Gasteiger partial charge on any atom is 0.255 e. The predicted octanol–water partition coefficient (Wildman–Crippen LogP) is 3.72. The fourth-order valence-electron chi connectivity index (χ4n) is 9.87. The van der Waals surface area contributed by atoms with Crippen LogP contribution in [0.2, 0.25) is 0 Å². The van der Waals surface area contributed by atoms with E-state index in [4.69, 9.17) is 5.73 Å². The molecule has 0 bridgehead atoms. The van der Waals surface area contributed by atoms with E-state index in [9.17, 15) is 28.8 Å². The third-order valence-corrected chi connectivity index (χ3v) is 13.1. The maximum absolute atomic E-state index is 14.1. The molecule has 0 radical (unpaired) electrons. The van der Waals surface area contributed by atoms with Gasteiger partial charge in [-0.2, -0.15) is 0 Å². The maximum atomic E-state index is 14.1. The molecule has 12 nitrogen and oxygen atoms in total. The quantitative estimate of drug-likeness (QED) is 0.225. The van der Waals surface area contributed by atoms with Gasteiger partial charge in [-0.1, -0.05) is 43.6 Å². The number of nitrogens with zero attached hydrogens (tertiary/aromatic N) is 4. The van der Waals surface area contributed by atoms with Crippen LogP contribution in [-0.4, -0.2) is 85.1 Å². The summed E-state index contributed by atoms with van der Waals surface area (Å²) >= 11 is 0. The van der Waals surface area contributed by atoms with Crippen LogP contribution >= 0.6 is 0 Å². The lowest BCUT2D eigenvalue weighted by molar-refractivity contribution is -0.147. The molecule has 1 aromatic heterocycles. The average Bonchev–Trinajstić information content (AvgIpc) is 3.48. The molecule has 55 heavy (non-hydrogen) atoms. The third-order valence-electron chi connectivity index (χ3n) is 13.1. The second-order valence-electron chi connectivity index (χ2n) is 16.6. The van der Waals surface area contributed by atoms with Crippen molar-refractivity contribution in [3.63, 3.8) is 0 Å². The van der Waals surface area contributed by atoms with Crippen molar-refractivity contribution < 1.29 is 24.0 Å². The molecule has 1 unspecified atom stereocenters. The molecule has 2 aromatic rings. The van der Waals surface area contributed by atoms with Gasteiger partial charge in [-0.05, 0) is 93.5 Å². The first-order chi connectivity index (χ1) is 26.6. The molecule has 6 aliphatic rings. The number of amides is 5. The average molecular weight is 749 g/mol. The summed E-state index contributed by atoms with van der Waals surface area (Å²) in [5, 5.41) is 2.34. The molecule has 1 spiro atoms. The fourth-order valence-corrected chi connectivity index (χ4v) is 9.87. The van der Waals surface area contributed by atoms with Gasteiger partial charge in [-0.25, -0.2) is 0 Å². The van der Waals surface area contributed by atoms with E-state index in [0.29, 0.717) is 50.9 Å². The van der Waals surface area contributed by atoms with Crippen LogP contribution in [0.3, 0.4) is 0 Å². The number of benzene rings is 1. The molecule has 4 saturated heterocycles. The highest BCUT2D eigenvalue weighted by Crippen LogP contribution is 2.54. The summed E-state index contributed by atoms with van der Waals surface area (Å²) in [6.45, 7) is 1.54. The van der Waals surface area contributed by atoms with Crippen LogP contribution in [0.1, 0.15) is 136 Å². The minimum absolute atomic E-state index is 0.0121. The third kappa shape index (κ3) is 7.35. The van der Waals surface area contributed by atoms with E-state index in [1.165, 1.54) is 0 Å². The molecule has 5 fully saturated rings. The number of hydrogen-bond donors (Lipinski definition) is 2. The molecule has 8 rings (SSSR count). The first kappa shape index (κ1) is 37.2. The van der Waals surface area contributed by atoms with Crippen molar-refractivity contribution in [2.45, 2.75) is 151 Å². The van der Waals surface area contributed by atoms with E-state index in [0.717, 1.165) is 87.3 Å². The Hall–Kier alpha value is -4.76. The zero-order valence-electron chi connectivity index (χ0n) is 31.6. The molecule has 1 saturated carbocycles.